The number of nitrogens with zero attached hydrogens (tertiary/aromatic N) is 2. The maximum absolute atomic E-state index is 12.0. The molecule has 8 heteroatoms. The van der Waals surface area contributed by atoms with Crippen molar-refractivity contribution in [2.24, 2.45) is 0 Å². The molecule has 0 aliphatic heterocycles. The number of carbonyl (C=O) groups excluding carboxylic acids is 1. The van der Waals surface area contributed by atoms with Crippen LogP contribution in [0, 0.1) is 6.92 Å². The van der Waals surface area contributed by atoms with Gasteiger partial charge in [0.15, 0.2) is 5.82 Å². The van der Waals surface area contributed by atoms with Crippen molar-refractivity contribution in [3.05, 3.63) is 47.7 Å². The fourth-order valence-electron chi connectivity index (χ4n) is 2.23. The van der Waals surface area contributed by atoms with Crippen molar-refractivity contribution in [1.29, 1.82) is 0 Å². The van der Waals surface area contributed by atoms with Gasteiger partial charge in [0, 0.05) is 12.6 Å². The largest absolute Gasteiger partial charge is 0.360 e. The molecule has 0 saturated carbocycles. The number of benzene rings is 1. The van der Waals surface area contributed by atoms with Gasteiger partial charge in [0.25, 0.3) is 0 Å². The highest BCUT2D eigenvalue weighted by molar-refractivity contribution is 7.88. The van der Waals surface area contributed by atoms with Crippen LogP contribution in [0.15, 0.2) is 40.9 Å². The van der Waals surface area contributed by atoms with E-state index in [0.29, 0.717) is 12.2 Å². The van der Waals surface area contributed by atoms with Gasteiger partial charge in [-0.25, -0.2) is 8.42 Å². The van der Waals surface area contributed by atoms with Gasteiger partial charge in [0.1, 0.15) is 5.76 Å². The van der Waals surface area contributed by atoms with Crippen LogP contribution in [0.2, 0.25) is 0 Å². The summed E-state index contributed by atoms with van der Waals surface area (Å²) in [5.74, 6) is 0.386. The zero-order valence-electron chi connectivity index (χ0n) is 13.7. The number of rotatable bonds is 8. The Morgan fingerprint density at radius 3 is 2.58 bits per heavy atom. The van der Waals surface area contributed by atoms with Crippen LogP contribution >= 0.6 is 0 Å². The van der Waals surface area contributed by atoms with Gasteiger partial charge in [-0.2, -0.15) is 4.31 Å². The summed E-state index contributed by atoms with van der Waals surface area (Å²) in [6.07, 6.45) is 2.48. The van der Waals surface area contributed by atoms with Gasteiger partial charge in [-0.15, -0.1) is 0 Å². The van der Waals surface area contributed by atoms with E-state index < -0.39 is 15.9 Å². The predicted octanol–water partition coefficient (Wildman–Crippen LogP) is 1.82. The second-order valence-electron chi connectivity index (χ2n) is 5.56. The smallest absolute Gasteiger partial charge is 0.240 e. The maximum Gasteiger partial charge on any atom is 0.240 e. The van der Waals surface area contributed by atoms with Crippen LogP contribution in [0.3, 0.4) is 0 Å². The van der Waals surface area contributed by atoms with Gasteiger partial charge in [-0.1, -0.05) is 35.5 Å². The van der Waals surface area contributed by atoms with Crippen molar-refractivity contribution in [2.45, 2.75) is 19.8 Å². The van der Waals surface area contributed by atoms with E-state index in [0.717, 1.165) is 22.5 Å². The van der Waals surface area contributed by atoms with Gasteiger partial charge in [-0.05, 0) is 25.3 Å². The lowest BCUT2D eigenvalue weighted by Crippen LogP contribution is -2.38. The van der Waals surface area contributed by atoms with Crippen LogP contribution in [0.25, 0.3) is 0 Å². The maximum atomic E-state index is 12.0. The first-order chi connectivity index (χ1) is 11.3. The van der Waals surface area contributed by atoms with Crippen molar-refractivity contribution in [3.8, 4) is 0 Å². The molecule has 1 aromatic carbocycles. The molecule has 7 nitrogen and oxygen atoms in total. The number of amides is 1. The molecular formula is C16H21N3O4S. The van der Waals surface area contributed by atoms with Crippen molar-refractivity contribution in [1.82, 2.24) is 9.46 Å². The Labute approximate surface area is 141 Å². The number of aromatic nitrogens is 1. The molecule has 1 heterocycles. The summed E-state index contributed by atoms with van der Waals surface area (Å²) < 4.78 is 29.8. The SMILES string of the molecule is Cc1cc(NC(=O)CN(CCCc2ccccc2)S(C)(=O)=O)no1. The first kappa shape index (κ1) is 18.2. The summed E-state index contributed by atoms with van der Waals surface area (Å²) in [5.41, 5.74) is 1.13. The second-order valence-corrected chi connectivity index (χ2v) is 7.54. The Hall–Kier alpha value is -2.19. The Balaban J connectivity index is 1.89. The van der Waals surface area contributed by atoms with Crippen molar-refractivity contribution in [3.63, 3.8) is 0 Å². The number of carbonyl (C=O) groups is 1. The Morgan fingerprint density at radius 1 is 1.29 bits per heavy atom. The predicted molar refractivity (Wildman–Crippen MR) is 91.0 cm³/mol. The van der Waals surface area contributed by atoms with E-state index in [1.54, 1.807) is 13.0 Å². The van der Waals surface area contributed by atoms with Crippen LogP contribution in [0.5, 0.6) is 0 Å². The standard InChI is InChI=1S/C16H21N3O4S/c1-13-11-15(18-23-13)17-16(20)12-19(24(2,21)22)10-6-9-14-7-4-3-5-8-14/h3-5,7-8,11H,6,9-10,12H2,1-2H3,(H,17,18,20). The second kappa shape index (κ2) is 8.07. The molecule has 0 aliphatic rings. The first-order valence-electron chi connectivity index (χ1n) is 7.57. The average Bonchev–Trinajstić information content (AvgIpc) is 2.91. The molecule has 0 radical (unpaired) electrons. The van der Waals surface area contributed by atoms with Gasteiger partial charge < -0.3 is 9.84 Å². The van der Waals surface area contributed by atoms with Gasteiger partial charge in [0.2, 0.25) is 15.9 Å². The molecule has 2 aromatic rings. The zero-order valence-corrected chi connectivity index (χ0v) is 14.5. The molecule has 1 aromatic heterocycles. The van der Waals surface area contributed by atoms with Crippen molar-refractivity contribution < 1.29 is 17.7 Å². The molecule has 130 valence electrons. The minimum Gasteiger partial charge on any atom is -0.360 e. The number of hydrogen-bond acceptors (Lipinski definition) is 5. The molecule has 2 rings (SSSR count). The lowest BCUT2D eigenvalue weighted by molar-refractivity contribution is -0.116. The molecule has 0 fully saturated rings. The number of hydrogen-bond donors (Lipinski definition) is 1. The molecule has 0 saturated heterocycles. The van der Waals surface area contributed by atoms with Crippen LogP contribution in [0.1, 0.15) is 17.7 Å². The van der Waals surface area contributed by atoms with E-state index in [4.69, 9.17) is 4.52 Å². The highest BCUT2D eigenvalue weighted by Gasteiger charge is 2.20. The van der Waals surface area contributed by atoms with Crippen molar-refractivity contribution >= 4 is 21.7 Å². The third-order valence-electron chi connectivity index (χ3n) is 3.40. The Bertz CT molecular complexity index is 772. The molecule has 24 heavy (non-hydrogen) atoms. The quantitative estimate of drug-likeness (QED) is 0.783. The summed E-state index contributed by atoms with van der Waals surface area (Å²) in [6, 6.07) is 11.4. The van der Waals surface area contributed by atoms with Gasteiger partial charge in [-0.3, -0.25) is 4.79 Å². The fraction of sp³-hybridized carbons (Fsp3) is 0.375. The molecule has 0 bridgehead atoms. The number of anilines is 1. The Morgan fingerprint density at radius 2 is 2.00 bits per heavy atom. The monoisotopic (exact) mass is 351 g/mol. The lowest BCUT2D eigenvalue weighted by atomic mass is 10.1. The summed E-state index contributed by atoms with van der Waals surface area (Å²) in [5, 5.41) is 6.18. The van der Waals surface area contributed by atoms with Crippen LogP contribution in [-0.2, 0) is 21.2 Å². The van der Waals surface area contributed by atoms with E-state index in [9.17, 15) is 13.2 Å². The summed E-state index contributed by atoms with van der Waals surface area (Å²) in [4.78, 5) is 12.0. The number of nitrogens with one attached hydrogen (secondary N) is 1. The van der Waals surface area contributed by atoms with E-state index in [2.05, 4.69) is 10.5 Å². The van der Waals surface area contributed by atoms with Gasteiger partial charge >= 0.3 is 0 Å². The third-order valence-corrected chi connectivity index (χ3v) is 4.65. The minimum atomic E-state index is -3.47. The van der Waals surface area contributed by atoms with Crippen LogP contribution in [0.4, 0.5) is 5.82 Å². The molecule has 1 amide bonds. The highest BCUT2D eigenvalue weighted by atomic mass is 32.2. The van der Waals surface area contributed by atoms with E-state index in [-0.39, 0.29) is 18.9 Å². The first-order valence-corrected chi connectivity index (χ1v) is 9.41. The number of aryl methyl sites for hydroxylation is 2. The molecule has 0 spiro atoms. The van der Waals surface area contributed by atoms with E-state index in [1.807, 2.05) is 30.3 Å². The molecular weight excluding hydrogens is 330 g/mol. The molecule has 1 N–H and O–H groups in total. The lowest BCUT2D eigenvalue weighted by Gasteiger charge is -2.19. The summed E-state index contributed by atoms with van der Waals surface area (Å²) >= 11 is 0. The molecule has 0 atom stereocenters. The summed E-state index contributed by atoms with van der Waals surface area (Å²) in [7, 11) is -3.47. The van der Waals surface area contributed by atoms with Crippen LogP contribution in [-0.4, -0.2) is 43.1 Å². The topological polar surface area (TPSA) is 92.5 Å². The third kappa shape index (κ3) is 5.78. The molecule has 0 aliphatic carbocycles. The number of sulfonamides is 1. The average molecular weight is 351 g/mol. The molecule has 0 unspecified atom stereocenters. The van der Waals surface area contributed by atoms with Crippen LogP contribution < -0.4 is 5.32 Å². The fourth-order valence-corrected chi connectivity index (χ4v) is 3.05. The zero-order chi connectivity index (χ0) is 17.6. The minimum absolute atomic E-state index is 0.250. The highest BCUT2D eigenvalue weighted by Crippen LogP contribution is 2.09. The van der Waals surface area contributed by atoms with E-state index in [1.165, 1.54) is 0 Å². The van der Waals surface area contributed by atoms with E-state index >= 15 is 0 Å². The Kier molecular flexibility index (Phi) is 6.10. The van der Waals surface area contributed by atoms with Crippen molar-refractivity contribution in [2.75, 3.05) is 24.7 Å². The normalized spacial score (nSPS) is 11.6. The van der Waals surface area contributed by atoms with Gasteiger partial charge in [0.05, 0.1) is 12.8 Å². The summed E-state index contributed by atoms with van der Waals surface area (Å²) in [6.45, 7) is 1.73.